The summed E-state index contributed by atoms with van der Waals surface area (Å²) in [5.41, 5.74) is 6.24. The highest BCUT2D eigenvalue weighted by Gasteiger charge is 2.26. The Hall–Kier alpha value is -3.95. The van der Waals surface area contributed by atoms with Crippen LogP contribution in [0.25, 0.3) is 0 Å². The molecular formula is C28H27N5O. The van der Waals surface area contributed by atoms with Crippen LogP contribution >= 0.6 is 0 Å². The molecule has 4 aromatic rings. The van der Waals surface area contributed by atoms with E-state index in [-0.39, 0.29) is 5.56 Å². The molecule has 0 fully saturated rings. The molecule has 0 N–H and O–H groups in total. The lowest BCUT2D eigenvalue weighted by Gasteiger charge is -2.28. The number of hydrogen-bond acceptors (Lipinski definition) is 4. The second-order valence-corrected chi connectivity index (χ2v) is 8.78. The molecule has 0 radical (unpaired) electrons. The van der Waals surface area contributed by atoms with E-state index in [1.165, 1.54) is 5.56 Å². The van der Waals surface area contributed by atoms with Crippen LogP contribution in [0, 0.1) is 11.3 Å². The van der Waals surface area contributed by atoms with E-state index in [2.05, 4.69) is 44.9 Å². The van der Waals surface area contributed by atoms with Crippen molar-refractivity contribution in [2.45, 2.75) is 39.0 Å². The zero-order chi connectivity index (χ0) is 23.3. The van der Waals surface area contributed by atoms with Crippen LogP contribution < -0.4 is 5.56 Å². The number of fused-ring (bicyclic) bond motifs is 1. The van der Waals surface area contributed by atoms with Gasteiger partial charge in [0.25, 0.3) is 5.56 Å². The number of hydrogen-bond donors (Lipinski definition) is 0. The average Bonchev–Trinajstić information content (AvgIpc) is 3.14. The van der Waals surface area contributed by atoms with Crippen molar-refractivity contribution in [1.82, 2.24) is 19.2 Å². The van der Waals surface area contributed by atoms with Crippen molar-refractivity contribution in [2.75, 3.05) is 6.54 Å². The third-order valence-corrected chi connectivity index (χ3v) is 6.47. The molecule has 0 spiro atoms. The predicted molar refractivity (Wildman–Crippen MR) is 131 cm³/mol. The monoisotopic (exact) mass is 449 g/mol. The van der Waals surface area contributed by atoms with E-state index in [1.54, 1.807) is 6.20 Å². The highest BCUT2D eigenvalue weighted by Crippen LogP contribution is 2.21. The molecule has 1 aliphatic rings. The highest BCUT2D eigenvalue weighted by molar-refractivity contribution is 5.33. The van der Waals surface area contributed by atoms with Gasteiger partial charge in [0.1, 0.15) is 0 Å². The molecule has 0 aliphatic carbocycles. The van der Waals surface area contributed by atoms with Crippen LogP contribution in [-0.2, 0) is 39.0 Å². The molecule has 0 atom stereocenters. The maximum atomic E-state index is 13.5. The number of aromatic nitrogens is 3. The predicted octanol–water partition coefficient (Wildman–Crippen LogP) is 3.77. The van der Waals surface area contributed by atoms with Gasteiger partial charge in [-0.2, -0.15) is 5.26 Å². The second-order valence-electron chi connectivity index (χ2n) is 8.78. The van der Waals surface area contributed by atoms with Gasteiger partial charge < -0.3 is 0 Å². The summed E-state index contributed by atoms with van der Waals surface area (Å²) in [4.78, 5) is 20.1. The van der Waals surface area contributed by atoms with E-state index < -0.39 is 0 Å². The molecule has 5 rings (SSSR count). The molecule has 0 saturated heterocycles. The number of nitrogens with zero attached hydrogens (tertiary/aromatic N) is 5. The third kappa shape index (κ3) is 4.70. The quantitative estimate of drug-likeness (QED) is 0.431. The van der Waals surface area contributed by atoms with Gasteiger partial charge in [-0.3, -0.25) is 19.4 Å². The first-order valence-electron chi connectivity index (χ1n) is 11.7. The summed E-state index contributed by atoms with van der Waals surface area (Å²) >= 11 is 0. The van der Waals surface area contributed by atoms with Gasteiger partial charge in [-0.15, -0.1) is 0 Å². The molecule has 2 aromatic carbocycles. The summed E-state index contributed by atoms with van der Waals surface area (Å²) in [5.74, 6) is 0. The summed E-state index contributed by atoms with van der Waals surface area (Å²) in [6.07, 6.45) is 5.18. The van der Waals surface area contributed by atoms with E-state index in [0.717, 1.165) is 48.3 Å². The van der Waals surface area contributed by atoms with Gasteiger partial charge in [0, 0.05) is 44.1 Å². The summed E-state index contributed by atoms with van der Waals surface area (Å²) in [7, 11) is 0. The van der Waals surface area contributed by atoms with Crippen molar-refractivity contribution in [3.8, 4) is 6.07 Å². The Bertz CT molecular complexity index is 1370. The Morgan fingerprint density at radius 2 is 1.74 bits per heavy atom. The summed E-state index contributed by atoms with van der Waals surface area (Å²) in [5, 5.41) is 9.23. The van der Waals surface area contributed by atoms with Crippen molar-refractivity contribution in [3.63, 3.8) is 0 Å². The maximum Gasteiger partial charge on any atom is 0.270 e. The molecule has 0 amide bonds. The van der Waals surface area contributed by atoms with Crippen molar-refractivity contribution < 1.29 is 0 Å². The molecule has 170 valence electrons. The Morgan fingerprint density at radius 3 is 2.53 bits per heavy atom. The number of pyridine rings is 1. The van der Waals surface area contributed by atoms with Crippen molar-refractivity contribution >= 4 is 0 Å². The fourth-order valence-corrected chi connectivity index (χ4v) is 4.76. The minimum Gasteiger partial charge on any atom is -0.293 e. The third-order valence-electron chi connectivity index (χ3n) is 6.47. The fourth-order valence-electron chi connectivity index (χ4n) is 4.76. The van der Waals surface area contributed by atoms with Gasteiger partial charge in [-0.25, -0.2) is 4.68 Å². The summed E-state index contributed by atoms with van der Waals surface area (Å²) in [6.45, 7) is 3.55. The zero-order valence-corrected chi connectivity index (χ0v) is 19.1. The first kappa shape index (κ1) is 21.9. The molecular weight excluding hydrogens is 422 g/mol. The normalized spacial score (nSPS) is 13.4. The van der Waals surface area contributed by atoms with Crippen molar-refractivity contribution in [1.29, 1.82) is 5.26 Å². The van der Waals surface area contributed by atoms with E-state index in [4.69, 9.17) is 0 Å². The minimum absolute atomic E-state index is 0.126. The molecule has 0 saturated carbocycles. The molecule has 0 bridgehead atoms. The number of aryl methyl sites for hydroxylation is 1. The lowest BCUT2D eigenvalue weighted by atomic mass is 10.1. The van der Waals surface area contributed by atoms with Gasteiger partial charge in [0.15, 0.2) is 0 Å². The van der Waals surface area contributed by atoms with E-state index in [9.17, 15) is 10.1 Å². The van der Waals surface area contributed by atoms with Crippen LogP contribution in [0.3, 0.4) is 0 Å². The Balaban J connectivity index is 1.45. The maximum absolute atomic E-state index is 13.5. The van der Waals surface area contributed by atoms with Gasteiger partial charge in [0.05, 0.1) is 23.9 Å². The molecule has 1 aliphatic heterocycles. The molecule has 34 heavy (non-hydrogen) atoms. The van der Waals surface area contributed by atoms with Gasteiger partial charge in [-0.1, -0.05) is 48.5 Å². The molecule has 6 nitrogen and oxygen atoms in total. The van der Waals surface area contributed by atoms with Crippen molar-refractivity contribution in [3.05, 3.63) is 123 Å². The number of benzene rings is 2. The van der Waals surface area contributed by atoms with E-state index in [1.807, 2.05) is 53.3 Å². The van der Waals surface area contributed by atoms with E-state index in [0.29, 0.717) is 25.2 Å². The van der Waals surface area contributed by atoms with Crippen molar-refractivity contribution in [2.24, 2.45) is 0 Å². The first-order chi connectivity index (χ1) is 16.7. The van der Waals surface area contributed by atoms with E-state index >= 15 is 0 Å². The minimum atomic E-state index is 0.126. The molecule has 2 aromatic heterocycles. The van der Waals surface area contributed by atoms with Gasteiger partial charge in [0.2, 0.25) is 0 Å². The standard InChI is InChI=1S/C28H27N5O/c29-17-23-8-4-9-24(16-23)19-31-14-12-26-27(21-31)33(20-25-10-5-13-30-18-25)32(28(26)34)15-11-22-6-2-1-3-7-22/h1-10,13,16,18H,11-12,14-15,19-21H2. The summed E-state index contributed by atoms with van der Waals surface area (Å²) < 4.78 is 4.08. The number of rotatable bonds is 7. The van der Waals surface area contributed by atoms with Crippen LogP contribution in [0.4, 0.5) is 0 Å². The fraction of sp³-hybridized carbons (Fsp3) is 0.250. The van der Waals surface area contributed by atoms with Crippen LogP contribution in [-0.4, -0.2) is 25.8 Å². The van der Waals surface area contributed by atoms with Gasteiger partial charge >= 0.3 is 0 Å². The molecule has 6 heteroatoms. The Kier molecular flexibility index (Phi) is 6.37. The first-order valence-corrected chi connectivity index (χ1v) is 11.7. The molecule has 0 unspecified atom stereocenters. The van der Waals surface area contributed by atoms with Gasteiger partial charge in [-0.05, 0) is 47.7 Å². The smallest absolute Gasteiger partial charge is 0.270 e. The Labute approximate surface area is 199 Å². The molecule has 3 heterocycles. The topological polar surface area (TPSA) is 66.8 Å². The zero-order valence-electron chi connectivity index (χ0n) is 19.1. The van der Waals surface area contributed by atoms with Crippen LogP contribution in [0.2, 0.25) is 0 Å². The Morgan fingerprint density at radius 1 is 0.912 bits per heavy atom. The van der Waals surface area contributed by atoms with Crippen LogP contribution in [0.1, 0.15) is 33.5 Å². The van der Waals surface area contributed by atoms with Crippen LogP contribution in [0.15, 0.2) is 83.9 Å². The largest absolute Gasteiger partial charge is 0.293 e. The highest BCUT2D eigenvalue weighted by atomic mass is 16.1. The summed E-state index contributed by atoms with van der Waals surface area (Å²) in [6, 6.07) is 24.3. The lowest BCUT2D eigenvalue weighted by molar-refractivity contribution is 0.235. The number of nitriles is 1. The SMILES string of the molecule is N#Cc1cccc(CN2CCc3c(n(Cc4cccnc4)n(CCc4ccccc4)c3=O)C2)c1. The van der Waals surface area contributed by atoms with Crippen LogP contribution in [0.5, 0.6) is 0 Å². The lowest BCUT2D eigenvalue weighted by Crippen LogP contribution is -2.32. The second kappa shape index (κ2) is 9.90. The average molecular weight is 450 g/mol.